The first-order valence-corrected chi connectivity index (χ1v) is 12.4. The number of para-hydroxylation sites is 1. The van der Waals surface area contributed by atoms with E-state index in [9.17, 15) is 10.1 Å². The van der Waals surface area contributed by atoms with Crippen LogP contribution in [0.5, 0.6) is 11.5 Å². The average molecular weight is 565 g/mol. The quantitative estimate of drug-likeness (QED) is 0.181. The standard InChI is InChI=1S/C28H23BrClN3O3/c1-35-26-14-19(13-24(30)27(26)36-17-18-6-8-22(29)9-7-18)12-21(15-31)28(34)32-11-10-20-16-33-25-5-3-2-4-23(20)25/h2-9,12-14,16,33H,10-11,17H2,1H3,(H,32,34)/b21-12-. The molecule has 36 heavy (non-hydrogen) atoms. The van der Waals surface area contributed by atoms with E-state index in [0.717, 1.165) is 26.5 Å². The second kappa shape index (κ2) is 11.8. The molecule has 182 valence electrons. The molecule has 2 N–H and O–H groups in total. The molecule has 1 aromatic heterocycles. The second-order valence-corrected chi connectivity index (χ2v) is 9.31. The topological polar surface area (TPSA) is 87.1 Å². The summed E-state index contributed by atoms with van der Waals surface area (Å²) in [6, 6.07) is 21.0. The van der Waals surface area contributed by atoms with Gasteiger partial charge in [-0.3, -0.25) is 4.79 Å². The SMILES string of the molecule is COc1cc(/C=C(/C#N)C(=O)NCCc2c[nH]c3ccccc23)cc(Cl)c1OCc1ccc(Br)cc1. The zero-order chi connectivity index (χ0) is 25.5. The minimum absolute atomic E-state index is 0.0319. The van der Waals surface area contributed by atoms with Gasteiger partial charge >= 0.3 is 0 Å². The molecular formula is C28H23BrClN3O3. The van der Waals surface area contributed by atoms with Crippen molar-refractivity contribution in [3.05, 3.63) is 98.6 Å². The van der Waals surface area contributed by atoms with Crippen LogP contribution >= 0.6 is 27.5 Å². The summed E-state index contributed by atoms with van der Waals surface area (Å²) in [6.07, 6.45) is 4.05. The van der Waals surface area contributed by atoms with E-state index >= 15 is 0 Å². The molecule has 0 aliphatic carbocycles. The molecule has 0 radical (unpaired) electrons. The minimum Gasteiger partial charge on any atom is -0.493 e. The van der Waals surface area contributed by atoms with Gasteiger partial charge in [0.25, 0.3) is 5.91 Å². The number of nitrogens with one attached hydrogen (secondary N) is 2. The van der Waals surface area contributed by atoms with Crippen LogP contribution in [0.25, 0.3) is 17.0 Å². The molecule has 0 aliphatic heterocycles. The average Bonchev–Trinajstić information content (AvgIpc) is 3.30. The Morgan fingerprint density at radius 3 is 2.72 bits per heavy atom. The number of methoxy groups -OCH3 is 1. The molecule has 0 spiro atoms. The Labute approximate surface area is 222 Å². The number of aromatic nitrogens is 1. The minimum atomic E-state index is -0.456. The molecule has 0 atom stereocenters. The molecule has 1 heterocycles. The number of halogens is 2. The molecule has 0 saturated heterocycles. The number of rotatable bonds is 9. The molecule has 8 heteroatoms. The molecule has 3 aromatic carbocycles. The first-order chi connectivity index (χ1) is 17.5. The van der Waals surface area contributed by atoms with E-state index in [2.05, 4.69) is 26.2 Å². The van der Waals surface area contributed by atoms with E-state index in [-0.39, 0.29) is 5.57 Å². The molecule has 0 saturated carbocycles. The van der Waals surface area contributed by atoms with Crippen molar-refractivity contribution in [2.45, 2.75) is 13.0 Å². The summed E-state index contributed by atoms with van der Waals surface area (Å²) < 4.78 is 12.3. The van der Waals surface area contributed by atoms with Gasteiger partial charge < -0.3 is 19.8 Å². The highest BCUT2D eigenvalue weighted by Gasteiger charge is 2.14. The number of aromatic amines is 1. The maximum absolute atomic E-state index is 12.7. The highest BCUT2D eigenvalue weighted by atomic mass is 79.9. The number of benzene rings is 3. The Morgan fingerprint density at radius 1 is 1.19 bits per heavy atom. The smallest absolute Gasteiger partial charge is 0.261 e. The first kappa shape index (κ1) is 25.4. The summed E-state index contributed by atoms with van der Waals surface area (Å²) in [5.74, 6) is 0.340. The highest BCUT2D eigenvalue weighted by Crippen LogP contribution is 2.37. The fourth-order valence-corrected chi connectivity index (χ4v) is 4.30. The summed E-state index contributed by atoms with van der Waals surface area (Å²) in [5.41, 5.74) is 3.64. The molecule has 4 rings (SSSR count). The summed E-state index contributed by atoms with van der Waals surface area (Å²) in [6.45, 7) is 0.702. The van der Waals surface area contributed by atoms with Crippen LogP contribution < -0.4 is 14.8 Å². The lowest BCUT2D eigenvalue weighted by molar-refractivity contribution is -0.117. The maximum atomic E-state index is 12.7. The zero-order valence-electron chi connectivity index (χ0n) is 19.5. The van der Waals surface area contributed by atoms with Crippen molar-refractivity contribution in [3.63, 3.8) is 0 Å². The van der Waals surface area contributed by atoms with Gasteiger partial charge in [0.05, 0.1) is 12.1 Å². The molecule has 4 aromatic rings. The Kier molecular flexibility index (Phi) is 8.32. The van der Waals surface area contributed by atoms with Gasteiger partial charge in [-0.2, -0.15) is 5.26 Å². The summed E-state index contributed by atoms with van der Waals surface area (Å²) >= 11 is 9.88. The van der Waals surface area contributed by atoms with Gasteiger partial charge in [-0.1, -0.05) is 57.9 Å². The van der Waals surface area contributed by atoms with Gasteiger partial charge in [0.2, 0.25) is 0 Å². The van der Waals surface area contributed by atoms with Crippen molar-refractivity contribution in [2.75, 3.05) is 13.7 Å². The third-order valence-corrected chi connectivity index (χ3v) is 6.39. The Bertz CT molecular complexity index is 1460. The second-order valence-electron chi connectivity index (χ2n) is 7.98. The number of ether oxygens (including phenoxy) is 2. The molecule has 0 aliphatic rings. The van der Waals surface area contributed by atoms with Crippen LogP contribution in [0.3, 0.4) is 0 Å². The van der Waals surface area contributed by atoms with Crippen molar-refractivity contribution in [3.8, 4) is 17.6 Å². The van der Waals surface area contributed by atoms with Crippen molar-refractivity contribution in [1.29, 1.82) is 5.26 Å². The summed E-state index contributed by atoms with van der Waals surface area (Å²) in [5, 5.41) is 13.8. The van der Waals surface area contributed by atoms with Gasteiger partial charge in [-0.25, -0.2) is 0 Å². The van der Waals surface area contributed by atoms with Crippen LogP contribution in [0, 0.1) is 11.3 Å². The predicted octanol–water partition coefficient (Wildman–Crippen LogP) is 6.44. The number of amides is 1. The van der Waals surface area contributed by atoms with Crippen LogP contribution in [0.4, 0.5) is 0 Å². The normalized spacial score (nSPS) is 11.2. The third kappa shape index (κ3) is 6.09. The maximum Gasteiger partial charge on any atom is 0.261 e. The molecule has 0 fully saturated rings. The molecule has 0 unspecified atom stereocenters. The number of carbonyl (C=O) groups is 1. The van der Waals surface area contributed by atoms with E-state index < -0.39 is 5.91 Å². The monoisotopic (exact) mass is 563 g/mol. The van der Waals surface area contributed by atoms with E-state index in [1.807, 2.05) is 60.8 Å². The third-order valence-electron chi connectivity index (χ3n) is 5.58. The first-order valence-electron chi connectivity index (χ1n) is 11.2. The summed E-state index contributed by atoms with van der Waals surface area (Å²) in [4.78, 5) is 15.9. The Morgan fingerprint density at radius 2 is 1.97 bits per heavy atom. The number of H-pyrrole nitrogens is 1. The van der Waals surface area contributed by atoms with Crippen LogP contribution in [0.2, 0.25) is 5.02 Å². The fraction of sp³-hybridized carbons (Fsp3) is 0.143. The Hall–Kier alpha value is -3.73. The van der Waals surface area contributed by atoms with E-state index in [4.69, 9.17) is 21.1 Å². The van der Waals surface area contributed by atoms with Crippen molar-refractivity contribution in [2.24, 2.45) is 0 Å². The van der Waals surface area contributed by atoms with Crippen molar-refractivity contribution >= 4 is 50.4 Å². The largest absolute Gasteiger partial charge is 0.493 e. The number of hydrogen-bond acceptors (Lipinski definition) is 4. The number of nitrogens with zero attached hydrogens (tertiary/aromatic N) is 1. The van der Waals surface area contributed by atoms with Crippen molar-refractivity contribution in [1.82, 2.24) is 10.3 Å². The lowest BCUT2D eigenvalue weighted by Gasteiger charge is -2.14. The lowest BCUT2D eigenvalue weighted by Crippen LogP contribution is -2.26. The van der Waals surface area contributed by atoms with E-state index in [1.165, 1.54) is 13.2 Å². The van der Waals surface area contributed by atoms with E-state index in [0.29, 0.717) is 41.7 Å². The van der Waals surface area contributed by atoms with Gasteiger partial charge in [0.15, 0.2) is 11.5 Å². The van der Waals surface area contributed by atoms with Gasteiger partial charge in [0.1, 0.15) is 18.2 Å². The molecule has 0 bridgehead atoms. The Balaban J connectivity index is 1.43. The fourth-order valence-electron chi connectivity index (χ4n) is 3.76. The predicted molar refractivity (Wildman–Crippen MR) is 145 cm³/mol. The zero-order valence-corrected chi connectivity index (χ0v) is 21.8. The number of carbonyl (C=O) groups excluding carboxylic acids is 1. The summed E-state index contributed by atoms with van der Waals surface area (Å²) in [7, 11) is 1.51. The number of fused-ring (bicyclic) bond motifs is 1. The van der Waals surface area contributed by atoms with Crippen molar-refractivity contribution < 1.29 is 14.3 Å². The molecule has 1 amide bonds. The molecular weight excluding hydrogens is 542 g/mol. The van der Waals surface area contributed by atoms with Crippen LogP contribution in [0.15, 0.2) is 76.9 Å². The van der Waals surface area contributed by atoms with Gasteiger partial charge in [-0.15, -0.1) is 0 Å². The van der Waals surface area contributed by atoms with Gasteiger partial charge in [-0.05, 0) is 59.5 Å². The number of nitriles is 1. The van der Waals surface area contributed by atoms with Crippen LogP contribution in [-0.4, -0.2) is 24.5 Å². The van der Waals surface area contributed by atoms with Gasteiger partial charge in [0, 0.05) is 28.1 Å². The molecule has 6 nitrogen and oxygen atoms in total. The van der Waals surface area contributed by atoms with E-state index in [1.54, 1.807) is 12.1 Å². The number of hydrogen-bond donors (Lipinski definition) is 2. The van der Waals surface area contributed by atoms with Crippen LogP contribution in [-0.2, 0) is 17.8 Å². The van der Waals surface area contributed by atoms with Crippen LogP contribution in [0.1, 0.15) is 16.7 Å². The highest BCUT2D eigenvalue weighted by molar-refractivity contribution is 9.10. The lowest BCUT2D eigenvalue weighted by atomic mass is 10.1.